The molecule has 0 aliphatic carbocycles. The number of piperidine rings is 1. The Morgan fingerprint density at radius 1 is 1.33 bits per heavy atom. The molecule has 9 nitrogen and oxygen atoms in total. The second-order valence-corrected chi connectivity index (χ2v) is 11.5. The van der Waals surface area contributed by atoms with Gasteiger partial charge in [-0.25, -0.2) is 31.3 Å². The van der Waals surface area contributed by atoms with Crippen LogP contribution in [0.15, 0.2) is 40.0 Å². The molecule has 1 aromatic heterocycles. The molecule has 0 unspecified atom stereocenters. The summed E-state index contributed by atoms with van der Waals surface area (Å²) in [5.41, 5.74) is 0.585. The summed E-state index contributed by atoms with van der Waals surface area (Å²) in [5, 5.41) is 14.0. The van der Waals surface area contributed by atoms with E-state index in [0.717, 1.165) is 6.07 Å². The number of aromatic nitrogens is 1. The number of rotatable bonds is 7. The number of nitrogens with one attached hydrogen (secondary N) is 1. The molecule has 14 heteroatoms. The molecule has 0 bridgehead atoms. The summed E-state index contributed by atoms with van der Waals surface area (Å²) < 4.78 is 59.3. The van der Waals surface area contributed by atoms with Crippen LogP contribution in [0.2, 0.25) is 5.02 Å². The number of hydrogen-bond donors (Lipinski definition) is 2. The van der Waals surface area contributed by atoms with Crippen LogP contribution < -0.4 is 5.32 Å². The third-order valence-electron chi connectivity index (χ3n) is 6.08. The highest BCUT2D eigenvalue weighted by Gasteiger charge is 2.39. The maximum atomic E-state index is 14.4. The molecule has 0 spiro atoms. The molecule has 1 aromatic carbocycles. The second-order valence-electron chi connectivity index (χ2n) is 8.14. The minimum absolute atomic E-state index is 0.0716. The number of ether oxygens (including phenoxy) is 1. The molecule has 0 saturated carbocycles. The molecule has 2 aliphatic heterocycles. The van der Waals surface area contributed by atoms with Crippen LogP contribution in [0.1, 0.15) is 29.5 Å². The Morgan fingerprint density at radius 3 is 2.67 bits per heavy atom. The average Bonchev–Trinajstić information content (AvgIpc) is 3.41. The van der Waals surface area contributed by atoms with Crippen molar-refractivity contribution in [3.8, 4) is 0 Å². The number of esters is 1. The van der Waals surface area contributed by atoms with Gasteiger partial charge in [-0.3, -0.25) is 4.99 Å². The molecule has 36 heavy (non-hydrogen) atoms. The van der Waals surface area contributed by atoms with Gasteiger partial charge in [0.15, 0.2) is 22.5 Å². The fourth-order valence-corrected chi connectivity index (χ4v) is 6.42. The predicted octanol–water partition coefficient (Wildman–Crippen LogP) is 2.63. The van der Waals surface area contributed by atoms with Gasteiger partial charge in [0.2, 0.25) is 10.0 Å². The first-order valence-corrected chi connectivity index (χ1v) is 13.8. The predicted molar refractivity (Wildman–Crippen MR) is 130 cm³/mol. The topological polar surface area (TPSA) is 121 Å². The van der Waals surface area contributed by atoms with Gasteiger partial charge in [0, 0.05) is 41.8 Å². The van der Waals surface area contributed by atoms with Gasteiger partial charge in [0.05, 0.1) is 30.1 Å². The number of amidine groups is 1. The van der Waals surface area contributed by atoms with Crippen LogP contribution in [-0.4, -0.2) is 67.2 Å². The number of halogens is 3. The van der Waals surface area contributed by atoms with E-state index in [1.165, 1.54) is 28.8 Å². The number of aliphatic hydroxyl groups is 1. The summed E-state index contributed by atoms with van der Waals surface area (Å²) in [7, 11) is -2.41. The highest BCUT2D eigenvalue weighted by molar-refractivity contribution is 7.89. The van der Waals surface area contributed by atoms with Crippen molar-refractivity contribution in [2.45, 2.75) is 18.9 Å². The minimum atomic E-state index is -3.61. The summed E-state index contributed by atoms with van der Waals surface area (Å²) in [5.74, 6) is -3.50. The Hall–Kier alpha value is -2.45. The Labute approximate surface area is 215 Å². The molecule has 2 aromatic rings. The molecule has 1 atom stereocenters. The van der Waals surface area contributed by atoms with E-state index in [9.17, 15) is 22.0 Å². The zero-order chi connectivity index (χ0) is 26.0. The van der Waals surface area contributed by atoms with Crippen molar-refractivity contribution in [3.63, 3.8) is 0 Å². The molecule has 4 rings (SSSR count). The number of nitrogens with zero attached hydrogens (tertiary/aromatic N) is 3. The maximum Gasteiger partial charge on any atom is 0.338 e. The Morgan fingerprint density at radius 2 is 2.06 bits per heavy atom. The quantitative estimate of drug-likeness (QED) is 0.394. The van der Waals surface area contributed by atoms with Gasteiger partial charge in [0.25, 0.3) is 0 Å². The van der Waals surface area contributed by atoms with E-state index in [1.807, 2.05) is 0 Å². The number of hydrogen-bond acceptors (Lipinski definition) is 9. The van der Waals surface area contributed by atoms with Gasteiger partial charge in [-0.1, -0.05) is 17.7 Å². The highest BCUT2D eigenvalue weighted by Crippen LogP contribution is 2.41. The average molecular weight is 561 g/mol. The fourth-order valence-electron chi connectivity index (χ4n) is 4.31. The molecule has 1 fully saturated rings. The van der Waals surface area contributed by atoms with Crippen molar-refractivity contribution in [1.82, 2.24) is 14.6 Å². The largest absolute Gasteiger partial charge is 0.466 e. The zero-order valence-corrected chi connectivity index (χ0v) is 21.5. The van der Waals surface area contributed by atoms with Gasteiger partial charge in [-0.05, 0) is 18.9 Å². The smallest absolute Gasteiger partial charge is 0.338 e. The molecular weight excluding hydrogens is 538 g/mol. The van der Waals surface area contributed by atoms with Crippen molar-refractivity contribution in [3.05, 3.63) is 62.2 Å². The third-order valence-corrected chi connectivity index (χ3v) is 9.09. The summed E-state index contributed by atoms with van der Waals surface area (Å²) in [4.78, 5) is 21.9. The SMILES string of the molecule is COC(=O)C1=C(C2CCN(S(=O)(=O)CCO)CC2)NC(c2nccs2)=N[C@@H]1c1ccc(F)c(F)c1Cl. The number of sulfonamides is 1. The zero-order valence-electron chi connectivity index (χ0n) is 19.1. The van der Waals surface area contributed by atoms with Gasteiger partial charge in [0.1, 0.15) is 6.04 Å². The van der Waals surface area contributed by atoms with E-state index in [1.54, 1.807) is 11.6 Å². The number of carbonyl (C=O) groups is 1. The van der Waals surface area contributed by atoms with E-state index in [0.29, 0.717) is 29.4 Å². The normalized spacial score (nSPS) is 19.7. The van der Waals surface area contributed by atoms with E-state index in [2.05, 4.69) is 15.3 Å². The molecule has 194 valence electrons. The first-order chi connectivity index (χ1) is 17.2. The first kappa shape index (κ1) is 26.6. The Balaban J connectivity index is 1.79. The van der Waals surface area contributed by atoms with Crippen LogP contribution in [0.4, 0.5) is 8.78 Å². The van der Waals surface area contributed by atoms with Crippen molar-refractivity contribution in [2.24, 2.45) is 10.9 Å². The van der Waals surface area contributed by atoms with Crippen LogP contribution >= 0.6 is 22.9 Å². The molecule has 0 radical (unpaired) electrons. The summed E-state index contributed by atoms with van der Waals surface area (Å²) in [6, 6.07) is 1.06. The van der Waals surface area contributed by atoms with Crippen LogP contribution in [0.5, 0.6) is 0 Å². The molecule has 3 heterocycles. The van der Waals surface area contributed by atoms with E-state index in [4.69, 9.17) is 21.4 Å². The van der Waals surface area contributed by atoms with Crippen molar-refractivity contribution < 1.29 is 31.8 Å². The second kappa shape index (κ2) is 10.9. The summed E-state index contributed by atoms with van der Waals surface area (Å²) in [6.07, 6.45) is 2.29. The van der Waals surface area contributed by atoms with E-state index >= 15 is 0 Å². The monoisotopic (exact) mass is 560 g/mol. The lowest BCUT2D eigenvalue weighted by atomic mass is 9.86. The van der Waals surface area contributed by atoms with Crippen molar-refractivity contribution in [1.29, 1.82) is 0 Å². The Bertz CT molecular complexity index is 1310. The number of thiazole rings is 1. The third kappa shape index (κ3) is 5.16. The molecular formula is C22H23ClF2N4O5S2. The highest BCUT2D eigenvalue weighted by atomic mass is 35.5. The van der Waals surface area contributed by atoms with E-state index < -0.39 is 45.3 Å². The van der Waals surface area contributed by atoms with Gasteiger partial charge in [-0.2, -0.15) is 0 Å². The first-order valence-electron chi connectivity index (χ1n) is 11.0. The van der Waals surface area contributed by atoms with Gasteiger partial charge >= 0.3 is 5.97 Å². The fraction of sp³-hybridized carbons (Fsp3) is 0.409. The Kier molecular flexibility index (Phi) is 8.05. The standard InChI is InChI=1S/C22H23ClF2N4O5S2/c1-34-22(31)15-18(12-4-7-29(8-5-12)36(32,33)11-9-30)27-20(21-26-6-10-35-21)28-19(15)13-2-3-14(24)17(25)16(13)23/h2-3,6,10,12,19,30H,4-5,7-9,11H2,1H3,(H,27,28)/t19-/m1/s1. The lowest BCUT2D eigenvalue weighted by molar-refractivity contribution is -0.136. The minimum Gasteiger partial charge on any atom is -0.466 e. The maximum absolute atomic E-state index is 14.4. The van der Waals surface area contributed by atoms with Crippen molar-refractivity contribution in [2.75, 3.05) is 32.6 Å². The lowest BCUT2D eigenvalue weighted by Crippen LogP contribution is -2.44. The number of allylic oxidation sites excluding steroid dienone is 1. The number of carbonyl (C=O) groups excluding carboxylic acids is 1. The van der Waals surface area contributed by atoms with Crippen molar-refractivity contribution >= 4 is 44.8 Å². The van der Waals surface area contributed by atoms with Crippen LogP contribution in [0.25, 0.3) is 0 Å². The van der Waals surface area contributed by atoms with Crippen LogP contribution in [-0.2, 0) is 19.6 Å². The van der Waals surface area contributed by atoms with Crippen LogP contribution in [0, 0.1) is 17.6 Å². The van der Waals surface area contributed by atoms with Gasteiger partial charge < -0.3 is 15.2 Å². The number of methoxy groups -OCH3 is 1. The lowest BCUT2D eigenvalue weighted by Gasteiger charge is -2.36. The summed E-state index contributed by atoms with van der Waals surface area (Å²) in [6.45, 7) is -0.133. The molecule has 2 aliphatic rings. The summed E-state index contributed by atoms with van der Waals surface area (Å²) >= 11 is 7.45. The van der Waals surface area contributed by atoms with E-state index in [-0.39, 0.29) is 35.9 Å². The number of benzene rings is 1. The number of aliphatic hydroxyl groups excluding tert-OH is 1. The number of aliphatic imine (C=N–C) groups is 1. The molecule has 1 saturated heterocycles. The van der Waals surface area contributed by atoms with Gasteiger partial charge in [-0.15, -0.1) is 11.3 Å². The molecule has 0 amide bonds. The molecule has 2 N–H and O–H groups in total. The van der Waals surface area contributed by atoms with Crippen LogP contribution in [0.3, 0.4) is 0 Å².